The van der Waals surface area contributed by atoms with E-state index in [0.717, 1.165) is 28.2 Å². The zero-order chi connectivity index (χ0) is 18.5. The Morgan fingerprint density at radius 3 is 2.31 bits per heavy atom. The molecule has 0 aromatic heterocycles. The summed E-state index contributed by atoms with van der Waals surface area (Å²) in [6.45, 7) is -2.86. The third-order valence-electron chi connectivity index (χ3n) is 5.04. The van der Waals surface area contributed by atoms with Crippen LogP contribution >= 0.6 is 22.6 Å². The molecule has 0 saturated heterocycles. The molecule has 0 aliphatic heterocycles. The first-order valence-corrected chi connectivity index (χ1v) is 10.2. The summed E-state index contributed by atoms with van der Waals surface area (Å²) in [5, 5.41) is 0. The molecular formula is C21H22F3IO. The summed E-state index contributed by atoms with van der Waals surface area (Å²) >= 11 is 2.53. The largest absolute Gasteiger partial charge is 0.435 e. The fraction of sp³-hybridized carbons (Fsp3) is 0.429. The molecule has 2 aromatic rings. The van der Waals surface area contributed by atoms with Crippen LogP contribution in [0.25, 0.3) is 11.1 Å². The highest BCUT2D eigenvalue weighted by Crippen LogP contribution is 2.32. The molecule has 0 amide bonds. The van der Waals surface area contributed by atoms with Crippen molar-refractivity contribution >= 4 is 22.6 Å². The van der Waals surface area contributed by atoms with Gasteiger partial charge < -0.3 is 4.74 Å². The van der Waals surface area contributed by atoms with E-state index < -0.39 is 6.61 Å². The highest BCUT2D eigenvalue weighted by molar-refractivity contribution is 14.1. The Labute approximate surface area is 166 Å². The van der Waals surface area contributed by atoms with Crippen LogP contribution in [0, 0.1) is 11.7 Å². The molecule has 0 heterocycles. The van der Waals surface area contributed by atoms with Crippen LogP contribution in [0.3, 0.4) is 0 Å². The molecule has 0 N–H and O–H groups in total. The molecule has 2 aromatic carbocycles. The van der Waals surface area contributed by atoms with E-state index >= 15 is 0 Å². The summed E-state index contributed by atoms with van der Waals surface area (Å²) < 4.78 is 44.0. The lowest BCUT2D eigenvalue weighted by atomic mass is 9.85. The second-order valence-electron chi connectivity index (χ2n) is 6.87. The Balaban J connectivity index is 1.62. The van der Waals surface area contributed by atoms with Crippen molar-refractivity contribution in [3.8, 4) is 16.9 Å². The maximum absolute atomic E-state index is 14.5. The molecule has 0 bridgehead atoms. The highest BCUT2D eigenvalue weighted by Gasteiger charge is 2.19. The Hall–Kier alpha value is -1.24. The summed E-state index contributed by atoms with van der Waals surface area (Å²) in [5.74, 6) is 0.550. The topological polar surface area (TPSA) is 9.23 Å². The quantitative estimate of drug-likeness (QED) is 0.323. The van der Waals surface area contributed by atoms with Gasteiger partial charge in [0.05, 0.1) is 0 Å². The van der Waals surface area contributed by atoms with Crippen molar-refractivity contribution in [1.29, 1.82) is 0 Å². The van der Waals surface area contributed by atoms with Gasteiger partial charge >= 0.3 is 6.61 Å². The van der Waals surface area contributed by atoms with Crippen molar-refractivity contribution in [2.45, 2.75) is 49.1 Å². The van der Waals surface area contributed by atoms with E-state index in [4.69, 9.17) is 0 Å². The summed E-state index contributed by atoms with van der Waals surface area (Å²) in [4.78, 5) is 0. The van der Waals surface area contributed by atoms with E-state index in [0.29, 0.717) is 11.1 Å². The third kappa shape index (κ3) is 5.38. The average molecular weight is 474 g/mol. The van der Waals surface area contributed by atoms with Crippen LogP contribution in [0.5, 0.6) is 5.75 Å². The number of hydrogen-bond acceptors (Lipinski definition) is 1. The molecule has 0 atom stereocenters. The average Bonchev–Trinajstić information content (AvgIpc) is 2.62. The van der Waals surface area contributed by atoms with Crippen LogP contribution in [0.2, 0.25) is 0 Å². The van der Waals surface area contributed by atoms with E-state index in [9.17, 15) is 13.2 Å². The second-order valence-corrected chi connectivity index (χ2v) is 8.64. The molecule has 1 nitrogen and oxygen atoms in total. The van der Waals surface area contributed by atoms with Gasteiger partial charge in [-0.2, -0.15) is 8.78 Å². The minimum Gasteiger partial charge on any atom is -0.435 e. The third-order valence-corrected chi connectivity index (χ3v) is 6.29. The Morgan fingerprint density at radius 1 is 1.00 bits per heavy atom. The van der Waals surface area contributed by atoms with E-state index in [2.05, 4.69) is 27.3 Å². The molecule has 5 heteroatoms. The maximum atomic E-state index is 14.5. The predicted octanol–water partition coefficient (Wildman–Crippen LogP) is 7.02. The summed E-state index contributed by atoms with van der Waals surface area (Å²) in [5.41, 5.74) is 2.14. The standard InChI is InChI=1S/C21H22F3IO/c22-20-13-15(2-1-14-3-8-17(25)9-4-14)5-12-19(20)16-6-10-18(11-7-16)26-21(23)24/h5-7,10-14,17,21H,1-4,8-9H2. The monoisotopic (exact) mass is 474 g/mol. The molecule has 1 aliphatic carbocycles. The lowest BCUT2D eigenvalue weighted by Gasteiger charge is -2.25. The molecule has 0 spiro atoms. The minimum absolute atomic E-state index is 0.0713. The normalized spacial score (nSPS) is 20.3. The number of hydrogen-bond donors (Lipinski definition) is 0. The molecule has 1 fully saturated rings. The van der Waals surface area contributed by atoms with E-state index in [1.807, 2.05) is 6.07 Å². The molecule has 0 radical (unpaired) electrons. The van der Waals surface area contributed by atoms with E-state index in [1.165, 1.54) is 37.8 Å². The Kier molecular flexibility index (Phi) is 6.84. The van der Waals surface area contributed by atoms with Crippen molar-refractivity contribution in [1.82, 2.24) is 0 Å². The first-order chi connectivity index (χ1) is 12.5. The van der Waals surface area contributed by atoms with Gasteiger partial charge in [0.15, 0.2) is 0 Å². The number of alkyl halides is 3. The SMILES string of the molecule is Fc1cc(CCC2CCC(I)CC2)ccc1-c1ccc(OC(F)F)cc1. The van der Waals surface area contributed by atoms with E-state index in [1.54, 1.807) is 24.3 Å². The molecule has 26 heavy (non-hydrogen) atoms. The fourth-order valence-corrected chi connectivity index (χ4v) is 4.26. The number of ether oxygens (including phenoxy) is 1. The van der Waals surface area contributed by atoms with Gasteiger partial charge in [-0.3, -0.25) is 0 Å². The van der Waals surface area contributed by atoms with Crippen molar-refractivity contribution in [2.75, 3.05) is 0 Å². The van der Waals surface area contributed by atoms with Crippen LogP contribution in [0.15, 0.2) is 42.5 Å². The number of aryl methyl sites for hydroxylation is 1. The van der Waals surface area contributed by atoms with Crippen LogP contribution in [-0.4, -0.2) is 10.5 Å². The molecule has 1 saturated carbocycles. The Morgan fingerprint density at radius 2 is 1.69 bits per heavy atom. The first-order valence-electron chi connectivity index (χ1n) is 8.99. The highest BCUT2D eigenvalue weighted by atomic mass is 127. The van der Waals surface area contributed by atoms with Crippen molar-refractivity contribution in [3.05, 3.63) is 53.8 Å². The van der Waals surface area contributed by atoms with Crippen molar-refractivity contribution in [3.63, 3.8) is 0 Å². The van der Waals surface area contributed by atoms with Crippen LogP contribution in [0.4, 0.5) is 13.2 Å². The number of rotatable bonds is 6. The zero-order valence-corrected chi connectivity index (χ0v) is 16.6. The molecule has 3 rings (SSSR count). The summed E-state index contributed by atoms with van der Waals surface area (Å²) in [6.07, 6.45) is 7.16. The fourth-order valence-electron chi connectivity index (χ4n) is 3.55. The van der Waals surface area contributed by atoms with Gasteiger partial charge in [0, 0.05) is 9.49 Å². The molecular weight excluding hydrogens is 452 g/mol. The smallest absolute Gasteiger partial charge is 0.387 e. The zero-order valence-electron chi connectivity index (χ0n) is 14.4. The van der Waals surface area contributed by atoms with Crippen LogP contribution in [-0.2, 0) is 6.42 Å². The summed E-state index contributed by atoms with van der Waals surface area (Å²) in [6, 6.07) is 11.4. The lowest BCUT2D eigenvalue weighted by molar-refractivity contribution is -0.0498. The predicted molar refractivity (Wildman–Crippen MR) is 107 cm³/mol. The van der Waals surface area contributed by atoms with Gasteiger partial charge in [0.25, 0.3) is 0 Å². The maximum Gasteiger partial charge on any atom is 0.387 e. The van der Waals surface area contributed by atoms with Gasteiger partial charge in [-0.05, 0) is 73.8 Å². The van der Waals surface area contributed by atoms with Crippen LogP contribution < -0.4 is 4.74 Å². The van der Waals surface area contributed by atoms with Crippen molar-refractivity contribution < 1.29 is 17.9 Å². The second kappa shape index (κ2) is 9.11. The molecule has 0 unspecified atom stereocenters. The summed E-state index contributed by atoms with van der Waals surface area (Å²) in [7, 11) is 0. The minimum atomic E-state index is -2.86. The van der Waals surface area contributed by atoms with E-state index in [-0.39, 0.29) is 11.6 Å². The molecule has 1 aliphatic rings. The van der Waals surface area contributed by atoms with Gasteiger partial charge in [-0.25, -0.2) is 4.39 Å². The van der Waals surface area contributed by atoms with Gasteiger partial charge in [-0.15, -0.1) is 0 Å². The van der Waals surface area contributed by atoms with Gasteiger partial charge in [0.1, 0.15) is 11.6 Å². The van der Waals surface area contributed by atoms with Crippen molar-refractivity contribution in [2.24, 2.45) is 5.92 Å². The van der Waals surface area contributed by atoms with Gasteiger partial charge in [-0.1, -0.05) is 46.9 Å². The Bertz CT molecular complexity index is 710. The molecule has 140 valence electrons. The number of benzene rings is 2. The van der Waals surface area contributed by atoms with Crippen LogP contribution in [0.1, 0.15) is 37.7 Å². The lowest BCUT2D eigenvalue weighted by Crippen LogP contribution is -2.14. The first kappa shape index (κ1) is 19.5. The number of halogens is 4. The van der Waals surface area contributed by atoms with Gasteiger partial charge in [0.2, 0.25) is 0 Å².